The van der Waals surface area contributed by atoms with Gasteiger partial charge in [-0.3, -0.25) is 0 Å². The molecule has 0 fully saturated rings. The molecule has 3 nitrogen and oxygen atoms in total. The Hall–Kier alpha value is -2.73. The van der Waals surface area contributed by atoms with Gasteiger partial charge >= 0.3 is 5.97 Å². The maximum Gasteiger partial charge on any atom is 0.336 e. The van der Waals surface area contributed by atoms with E-state index in [1.807, 2.05) is 0 Å². The van der Waals surface area contributed by atoms with Crippen LogP contribution >= 0.6 is 0 Å². The molecule has 2 rings (SSSR count). The molecule has 0 aliphatic carbocycles. The number of aromatic carboxylic acids is 1. The van der Waals surface area contributed by atoms with Gasteiger partial charge in [0.05, 0.1) is 5.56 Å². The number of carboxylic acids is 1. The summed E-state index contributed by atoms with van der Waals surface area (Å²) in [5, 5.41) is 19.0. The topological polar surface area (TPSA) is 57.5 Å². The minimum atomic E-state index is -1.08. The Morgan fingerprint density at radius 3 is 2.44 bits per heavy atom. The zero-order valence-corrected chi connectivity index (χ0v) is 9.42. The lowest BCUT2D eigenvalue weighted by molar-refractivity contribution is 0.0697. The zero-order valence-electron chi connectivity index (χ0n) is 9.42. The van der Waals surface area contributed by atoms with Gasteiger partial charge in [0.1, 0.15) is 5.75 Å². The average molecular weight is 238 g/mol. The van der Waals surface area contributed by atoms with E-state index in [1.165, 1.54) is 12.1 Å². The molecule has 0 heterocycles. The Morgan fingerprint density at radius 2 is 1.83 bits per heavy atom. The SMILES string of the molecule is C#Cc1cccc(C(=O)O)c1-c1ccccc1O. The van der Waals surface area contributed by atoms with Gasteiger partial charge in [-0.25, -0.2) is 4.79 Å². The maximum atomic E-state index is 11.2. The molecule has 0 amide bonds. The Labute approximate surface area is 104 Å². The number of terminal acetylenes is 1. The number of phenols is 1. The van der Waals surface area contributed by atoms with E-state index in [2.05, 4.69) is 5.92 Å². The van der Waals surface area contributed by atoms with Gasteiger partial charge in [-0.15, -0.1) is 6.42 Å². The molecule has 0 saturated heterocycles. The third kappa shape index (κ3) is 1.92. The second kappa shape index (κ2) is 4.64. The van der Waals surface area contributed by atoms with Crippen molar-refractivity contribution in [2.24, 2.45) is 0 Å². The molecule has 0 aromatic heterocycles. The standard InChI is InChI=1S/C15H10O3/c1-2-10-6-5-8-12(15(17)18)14(10)11-7-3-4-9-13(11)16/h1,3-9,16H,(H,17,18). The summed E-state index contributed by atoms with van der Waals surface area (Å²) < 4.78 is 0. The second-order valence-electron chi connectivity index (χ2n) is 3.69. The quantitative estimate of drug-likeness (QED) is 0.791. The lowest BCUT2D eigenvalue weighted by atomic mass is 9.94. The molecule has 3 heteroatoms. The lowest BCUT2D eigenvalue weighted by Gasteiger charge is -2.10. The third-order valence-electron chi connectivity index (χ3n) is 2.62. The van der Waals surface area contributed by atoms with Crippen LogP contribution < -0.4 is 0 Å². The normalized spacial score (nSPS) is 9.72. The first-order chi connectivity index (χ1) is 8.65. The van der Waals surface area contributed by atoms with E-state index in [1.54, 1.807) is 30.3 Å². The van der Waals surface area contributed by atoms with Crippen molar-refractivity contribution in [2.75, 3.05) is 0 Å². The van der Waals surface area contributed by atoms with Gasteiger partial charge in [0.25, 0.3) is 0 Å². The summed E-state index contributed by atoms with van der Waals surface area (Å²) in [6.45, 7) is 0. The summed E-state index contributed by atoms with van der Waals surface area (Å²) in [6.07, 6.45) is 5.38. The molecule has 0 spiro atoms. The number of aromatic hydroxyl groups is 1. The van der Waals surface area contributed by atoms with Gasteiger partial charge in [0.15, 0.2) is 0 Å². The van der Waals surface area contributed by atoms with Crippen LogP contribution in [0.3, 0.4) is 0 Å². The molecule has 2 aromatic rings. The first-order valence-electron chi connectivity index (χ1n) is 5.26. The summed E-state index contributed by atoms with van der Waals surface area (Å²) in [4.78, 5) is 11.2. The van der Waals surface area contributed by atoms with Crippen molar-refractivity contribution in [2.45, 2.75) is 0 Å². The Balaban J connectivity index is 2.81. The lowest BCUT2D eigenvalue weighted by Crippen LogP contribution is -2.01. The predicted octanol–water partition coefficient (Wildman–Crippen LogP) is 2.74. The van der Waals surface area contributed by atoms with Crippen LogP contribution in [0.25, 0.3) is 11.1 Å². The van der Waals surface area contributed by atoms with Gasteiger partial charge in [0.2, 0.25) is 0 Å². The number of benzene rings is 2. The van der Waals surface area contributed by atoms with E-state index in [9.17, 15) is 15.0 Å². The van der Waals surface area contributed by atoms with E-state index in [0.29, 0.717) is 16.7 Å². The van der Waals surface area contributed by atoms with Crippen LogP contribution in [0.1, 0.15) is 15.9 Å². The fourth-order valence-corrected chi connectivity index (χ4v) is 1.83. The molecule has 18 heavy (non-hydrogen) atoms. The largest absolute Gasteiger partial charge is 0.507 e. The second-order valence-corrected chi connectivity index (χ2v) is 3.69. The highest BCUT2D eigenvalue weighted by Gasteiger charge is 2.16. The molecule has 0 unspecified atom stereocenters. The van der Waals surface area contributed by atoms with Gasteiger partial charge in [-0.2, -0.15) is 0 Å². The Morgan fingerprint density at radius 1 is 1.11 bits per heavy atom. The highest BCUT2D eigenvalue weighted by Crippen LogP contribution is 2.33. The number of phenolic OH excluding ortho intramolecular Hbond substituents is 1. The monoisotopic (exact) mass is 238 g/mol. The summed E-state index contributed by atoms with van der Waals surface area (Å²) in [6, 6.07) is 11.2. The van der Waals surface area contributed by atoms with Gasteiger partial charge in [-0.05, 0) is 18.2 Å². The van der Waals surface area contributed by atoms with Crippen molar-refractivity contribution in [1.82, 2.24) is 0 Å². The molecule has 0 radical (unpaired) electrons. The van der Waals surface area contributed by atoms with Gasteiger partial charge in [0, 0.05) is 16.7 Å². The molecule has 88 valence electrons. The van der Waals surface area contributed by atoms with Crippen molar-refractivity contribution < 1.29 is 15.0 Å². The zero-order chi connectivity index (χ0) is 13.1. The molecule has 2 aromatic carbocycles. The van der Waals surface area contributed by atoms with E-state index < -0.39 is 5.97 Å². The fourth-order valence-electron chi connectivity index (χ4n) is 1.83. The van der Waals surface area contributed by atoms with Gasteiger partial charge < -0.3 is 10.2 Å². The third-order valence-corrected chi connectivity index (χ3v) is 2.62. The maximum absolute atomic E-state index is 11.2. The van der Waals surface area contributed by atoms with Crippen LogP contribution in [0.15, 0.2) is 42.5 Å². The highest BCUT2D eigenvalue weighted by atomic mass is 16.4. The fraction of sp³-hybridized carbons (Fsp3) is 0. The first-order valence-corrected chi connectivity index (χ1v) is 5.26. The smallest absolute Gasteiger partial charge is 0.336 e. The number of carbonyl (C=O) groups is 1. The van der Waals surface area contributed by atoms with Crippen LogP contribution in [0.5, 0.6) is 5.75 Å². The van der Waals surface area contributed by atoms with Crippen LogP contribution in [-0.2, 0) is 0 Å². The van der Waals surface area contributed by atoms with Gasteiger partial charge in [-0.1, -0.05) is 30.2 Å². The molecule has 0 aliphatic heterocycles. The van der Waals surface area contributed by atoms with Crippen molar-refractivity contribution in [3.05, 3.63) is 53.6 Å². The number of para-hydroxylation sites is 1. The minimum Gasteiger partial charge on any atom is -0.507 e. The van der Waals surface area contributed by atoms with E-state index in [-0.39, 0.29) is 11.3 Å². The minimum absolute atomic E-state index is 0.00250. The van der Waals surface area contributed by atoms with Crippen molar-refractivity contribution in [3.63, 3.8) is 0 Å². The summed E-state index contributed by atoms with van der Waals surface area (Å²) >= 11 is 0. The summed E-state index contributed by atoms with van der Waals surface area (Å²) in [5.41, 5.74) is 1.30. The Kier molecular flexibility index (Phi) is 3.03. The predicted molar refractivity (Wildman–Crippen MR) is 68.4 cm³/mol. The number of carboxylic acid groups (broad SMARTS) is 1. The summed E-state index contributed by atoms with van der Waals surface area (Å²) in [5.74, 6) is 1.37. The Bertz CT molecular complexity index is 651. The molecule has 0 aliphatic rings. The van der Waals surface area contributed by atoms with Crippen molar-refractivity contribution in [1.29, 1.82) is 0 Å². The van der Waals surface area contributed by atoms with E-state index in [4.69, 9.17) is 6.42 Å². The molecule has 0 saturated carbocycles. The van der Waals surface area contributed by atoms with Crippen LogP contribution in [0.4, 0.5) is 0 Å². The molecule has 0 bridgehead atoms. The number of hydrogen-bond donors (Lipinski definition) is 2. The van der Waals surface area contributed by atoms with E-state index >= 15 is 0 Å². The van der Waals surface area contributed by atoms with Crippen molar-refractivity contribution in [3.8, 4) is 29.2 Å². The molecular formula is C15H10O3. The van der Waals surface area contributed by atoms with Crippen molar-refractivity contribution >= 4 is 5.97 Å². The number of rotatable bonds is 2. The van der Waals surface area contributed by atoms with Crippen LogP contribution in [0, 0.1) is 12.3 Å². The molecular weight excluding hydrogens is 228 g/mol. The molecule has 2 N–H and O–H groups in total. The average Bonchev–Trinajstić information content (AvgIpc) is 2.38. The van der Waals surface area contributed by atoms with Crippen LogP contribution in [0.2, 0.25) is 0 Å². The number of hydrogen-bond acceptors (Lipinski definition) is 2. The van der Waals surface area contributed by atoms with Crippen LogP contribution in [-0.4, -0.2) is 16.2 Å². The highest BCUT2D eigenvalue weighted by molar-refractivity contribution is 5.98. The first kappa shape index (κ1) is 11.7. The molecule has 0 atom stereocenters. The van der Waals surface area contributed by atoms with E-state index in [0.717, 1.165) is 0 Å². The summed E-state index contributed by atoms with van der Waals surface area (Å²) in [7, 11) is 0.